The first-order chi connectivity index (χ1) is 14.0. The van der Waals surface area contributed by atoms with Crippen LogP contribution in [-0.2, 0) is 4.79 Å². The second-order valence-electron chi connectivity index (χ2n) is 6.76. The summed E-state index contributed by atoms with van der Waals surface area (Å²) < 4.78 is 37.4. The van der Waals surface area contributed by atoms with Gasteiger partial charge in [-0.15, -0.1) is 0 Å². The Balaban J connectivity index is 2.15. The van der Waals surface area contributed by atoms with E-state index in [4.69, 9.17) is 11.5 Å². The molecule has 0 fully saturated rings. The highest BCUT2D eigenvalue weighted by molar-refractivity contribution is 5.97. The van der Waals surface area contributed by atoms with Crippen LogP contribution in [-0.4, -0.2) is 40.5 Å². The molecule has 7 N–H and O–H groups in total. The molecule has 0 unspecified atom stereocenters. The number of benzene rings is 1. The van der Waals surface area contributed by atoms with Crippen LogP contribution in [0.4, 0.5) is 36.3 Å². The molecule has 1 aromatic carbocycles. The van der Waals surface area contributed by atoms with E-state index >= 15 is 0 Å². The average Bonchev–Trinajstić information content (AvgIpc) is 2.64. The fourth-order valence-corrected chi connectivity index (χ4v) is 2.47. The number of carbonyl (C=O) groups is 2. The first-order valence-electron chi connectivity index (χ1n) is 8.86. The zero-order valence-electron chi connectivity index (χ0n) is 16.2. The zero-order chi connectivity index (χ0) is 22.5. The summed E-state index contributed by atoms with van der Waals surface area (Å²) in [6.45, 7) is 2.33. The molecule has 0 radical (unpaired) electrons. The molecule has 0 aliphatic rings. The third-order valence-corrected chi connectivity index (χ3v) is 3.95. The lowest BCUT2D eigenvalue weighted by atomic mass is 10.0. The number of hydrogen-bond donors (Lipinski definition) is 5. The van der Waals surface area contributed by atoms with Crippen molar-refractivity contribution in [1.29, 1.82) is 0 Å². The van der Waals surface area contributed by atoms with E-state index in [-0.39, 0.29) is 23.2 Å². The fourth-order valence-electron chi connectivity index (χ4n) is 2.47. The molecule has 1 heterocycles. The van der Waals surface area contributed by atoms with Gasteiger partial charge in [0.1, 0.15) is 18.4 Å². The van der Waals surface area contributed by atoms with Gasteiger partial charge in [-0.1, -0.05) is 13.8 Å². The third kappa shape index (κ3) is 6.50. The summed E-state index contributed by atoms with van der Waals surface area (Å²) >= 11 is 0. The SMILES string of the molecule is CC(C)[C@H](Nc1ccc(Nc2ncc(C(N)=O)c(NCC(F)(F)F)n2)cc1)C(N)=O. The van der Waals surface area contributed by atoms with Crippen LogP contribution >= 0.6 is 0 Å². The normalized spacial score (nSPS) is 12.3. The Morgan fingerprint density at radius 2 is 1.70 bits per heavy atom. The van der Waals surface area contributed by atoms with Crippen molar-refractivity contribution in [2.24, 2.45) is 17.4 Å². The highest BCUT2D eigenvalue weighted by Crippen LogP contribution is 2.22. The maximum atomic E-state index is 12.5. The largest absolute Gasteiger partial charge is 0.405 e. The molecule has 2 amide bonds. The number of rotatable bonds is 9. The highest BCUT2D eigenvalue weighted by Gasteiger charge is 2.28. The third-order valence-electron chi connectivity index (χ3n) is 3.95. The molecule has 162 valence electrons. The number of alkyl halides is 3. The topological polar surface area (TPSA) is 148 Å². The van der Waals surface area contributed by atoms with Crippen LogP contribution in [0.2, 0.25) is 0 Å². The van der Waals surface area contributed by atoms with E-state index in [0.29, 0.717) is 11.4 Å². The molecule has 1 aromatic heterocycles. The van der Waals surface area contributed by atoms with E-state index in [1.807, 2.05) is 19.2 Å². The van der Waals surface area contributed by atoms with Crippen LogP contribution in [0.25, 0.3) is 0 Å². The van der Waals surface area contributed by atoms with E-state index in [1.165, 1.54) is 0 Å². The first kappa shape index (κ1) is 22.7. The van der Waals surface area contributed by atoms with E-state index in [2.05, 4.69) is 20.6 Å². The van der Waals surface area contributed by atoms with Gasteiger partial charge in [0.15, 0.2) is 0 Å². The monoisotopic (exact) mass is 425 g/mol. The number of nitrogens with one attached hydrogen (secondary N) is 3. The molecule has 0 saturated carbocycles. The molecular weight excluding hydrogens is 403 g/mol. The minimum atomic E-state index is -4.50. The van der Waals surface area contributed by atoms with Gasteiger partial charge in [0, 0.05) is 17.6 Å². The number of primary amides is 2. The van der Waals surface area contributed by atoms with Gasteiger partial charge < -0.3 is 27.4 Å². The molecule has 0 aliphatic carbocycles. The molecule has 0 aliphatic heterocycles. The van der Waals surface area contributed by atoms with Gasteiger partial charge in [0.05, 0.1) is 5.56 Å². The molecule has 2 aromatic rings. The van der Waals surface area contributed by atoms with E-state index < -0.39 is 30.6 Å². The number of anilines is 4. The van der Waals surface area contributed by atoms with E-state index in [1.54, 1.807) is 24.3 Å². The average molecular weight is 425 g/mol. The molecule has 1 atom stereocenters. The molecule has 30 heavy (non-hydrogen) atoms. The van der Waals surface area contributed by atoms with Gasteiger partial charge in [0.25, 0.3) is 5.91 Å². The van der Waals surface area contributed by atoms with Crippen molar-refractivity contribution in [2.45, 2.75) is 26.1 Å². The van der Waals surface area contributed by atoms with Crippen LogP contribution < -0.4 is 27.4 Å². The van der Waals surface area contributed by atoms with Crippen molar-refractivity contribution >= 4 is 35.0 Å². The Morgan fingerprint density at radius 3 is 2.20 bits per heavy atom. The minimum Gasteiger partial charge on any atom is -0.373 e. The van der Waals surface area contributed by atoms with E-state index in [9.17, 15) is 22.8 Å². The molecule has 0 spiro atoms. The summed E-state index contributed by atoms with van der Waals surface area (Å²) in [5.41, 5.74) is 11.4. The van der Waals surface area contributed by atoms with Crippen molar-refractivity contribution in [3.63, 3.8) is 0 Å². The second-order valence-corrected chi connectivity index (χ2v) is 6.76. The predicted molar refractivity (Wildman–Crippen MR) is 106 cm³/mol. The Labute approximate surface area is 170 Å². The second kappa shape index (κ2) is 9.29. The molecule has 9 nitrogen and oxygen atoms in total. The summed E-state index contributed by atoms with van der Waals surface area (Å²) in [7, 11) is 0. The maximum Gasteiger partial charge on any atom is 0.405 e. The summed E-state index contributed by atoms with van der Waals surface area (Å²) in [4.78, 5) is 30.7. The number of aromatic nitrogens is 2. The van der Waals surface area contributed by atoms with Gasteiger partial charge in [-0.05, 0) is 30.2 Å². The number of carbonyl (C=O) groups excluding carboxylic acids is 2. The summed E-state index contributed by atoms with van der Waals surface area (Å²) in [6, 6.07) is 6.11. The van der Waals surface area contributed by atoms with Gasteiger partial charge in [-0.2, -0.15) is 18.2 Å². The van der Waals surface area contributed by atoms with Crippen LogP contribution in [0.1, 0.15) is 24.2 Å². The molecule has 12 heteroatoms. The summed E-state index contributed by atoms with van der Waals surface area (Å²) in [5, 5.41) is 7.89. The van der Waals surface area contributed by atoms with Gasteiger partial charge >= 0.3 is 6.18 Å². The standard InChI is InChI=1S/C18H22F3N7O2/c1-9(2)13(15(23)30)26-10-3-5-11(6-4-10)27-17-24-7-12(14(22)29)16(28-17)25-8-18(19,20)21/h3-7,9,13,26H,8H2,1-2H3,(H2,22,29)(H2,23,30)(H2,24,25,27,28)/t13-/m0/s1. The smallest absolute Gasteiger partial charge is 0.373 e. The summed E-state index contributed by atoms with van der Waals surface area (Å²) in [6.07, 6.45) is -3.47. The number of amides is 2. The Hall–Kier alpha value is -3.57. The lowest BCUT2D eigenvalue weighted by Gasteiger charge is -2.20. The van der Waals surface area contributed by atoms with Crippen molar-refractivity contribution < 1.29 is 22.8 Å². The molecule has 2 rings (SSSR count). The Morgan fingerprint density at radius 1 is 1.10 bits per heavy atom. The number of nitrogens with two attached hydrogens (primary N) is 2. The van der Waals surface area contributed by atoms with Gasteiger partial charge in [-0.25, -0.2) is 4.98 Å². The van der Waals surface area contributed by atoms with Crippen molar-refractivity contribution in [2.75, 3.05) is 22.5 Å². The van der Waals surface area contributed by atoms with Crippen molar-refractivity contribution in [3.05, 3.63) is 36.0 Å². The number of hydrogen-bond acceptors (Lipinski definition) is 7. The fraction of sp³-hybridized carbons (Fsp3) is 0.333. The highest BCUT2D eigenvalue weighted by atomic mass is 19.4. The van der Waals surface area contributed by atoms with Crippen LogP contribution in [0, 0.1) is 5.92 Å². The van der Waals surface area contributed by atoms with E-state index in [0.717, 1.165) is 6.20 Å². The Kier molecular flexibility index (Phi) is 7.03. The van der Waals surface area contributed by atoms with Crippen molar-refractivity contribution in [1.82, 2.24) is 9.97 Å². The van der Waals surface area contributed by atoms with Crippen LogP contribution in [0.15, 0.2) is 30.5 Å². The molecular formula is C18H22F3N7O2. The first-order valence-corrected chi connectivity index (χ1v) is 8.86. The Bertz CT molecular complexity index is 902. The maximum absolute atomic E-state index is 12.5. The number of halogens is 3. The predicted octanol–water partition coefficient (Wildman–Crippen LogP) is 2.22. The molecule has 0 saturated heterocycles. The van der Waals surface area contributed by atoms with Gasteiger partial charge in [-0.3, -0.25) is 9.59 Å². The van der Waals surface area contributed by atoms with Crippen molar-refractivity contribution in [3.8, 4) is 0 Å². The summed E-state index contributed by atoms with van der Waals surface area (Å²) in [5.74, 6) is -1.83. The number of nitrogens with zero attached hydrogens (tertiary/aromatic N) is 2. The lowest BCUT2D eigenvalue weighted by molar-refractivity contribution is -0.119. The quantitative estimate of drug-likeness (QED) is 0.414. The lowest BCUT2D eigenvalue weighted by Crippen LogP contribution is -2.39. The molecule has 0 bridgehead atoms. The van der Waals surface area contributed by atoms with Gasteiger partial charge in [0.2, 0.25) is 11.9 Å². The zero-order valence-corrected chi connectivity index (χ0v) is 16.2. The minimum absolute atomic E-state index is 0.0138. The van der Waals surface area contributed by atoms with Crippen LogP contribution in [0.5, 0.6) is 0 Å². The van der Waals surface area contributed by atoms with Crippen LogP contribution in [0.3, 0.4) is 0 Å².